The van der Waals surface area contributed by atoms with Gasteiger partial charge in [0.25, 0.3) is 5.56 Å². The lowest BCUT2D eigenvalue weighted by Gasteiger charge is -2.09. The van der Waals surface area contributed by atoms with E-state index in [0.717, 1.165) is 24.1 Å². The monoisotopic (exact) mass is 292 g/mol. The minimum atomic E-state index is -0.287. The Morgan fingerprint density at radius 3 is 2.85 bits per heavy atom. The molecule has 0 amide bonds. The van der Waals surface area contributed by atoms with Crippen LogP contribution in [0.3, 0.4) is 0 Å². The number of hydrogen-bond donors (Lipinski definition) is 1. The van der Waals surface area contributed by atoms with Gasteiger partial charge in [-0.15, -0.1) is 0 Å². The zero-order valence-corrected chi connectivity index (χ0v) is 12.4. The van der Waals surface area contributed by atoms with E-state index in [1.165, 1.54) is 23.9 Å². The van der Waals surface area contributed by atoms with Crippen molar-refractivity contribution in [2.45, 2.75) is 31.3 Å². The Hall–Kier alpha value is -1.62. The molecule has 0 aliphatic carbocycles. The van der Waals surface area contributed by atoms with Crippen molar-refractivity contribution in [2.24, 2.45) is 0 Å². The van der Waals surface area contributed by atoms with Crippen LogP contribution in [0.4, 0.5) is 4.39 Å². The Morgan fingerprint density at radius 1 is 1.40 bits per heavy atom. The van der Waals surface area contributed by atoms with Crippen molar-refractivity contribution in [1.29, 1.82) is 0 Å². The predicted molar refractivity (Wildman–Crippen MR) is 79.8 cm³/mol. The van der Waals surface area contributed by atoms with Crippen molar-refractivity contribution >= 4 is 11.8 Å². The molecule has 1 N–H and O–H groups in total. The number of hydrogen-bond acceptors (Lipinski definition) is 3. The quantitative estimate of drug-likeness (QED) is 0.680. The van der Waals surface area contributed by atoms with Gasteiger partial charge < -0.3 is 4.98 Å². The average Bonchev–Trinajstić information content (AvgIpc) is 2.42. The maximum Gasteiger partial charge on any atom is 0.255 e. The first-order valence-electron chi connectivity index (χ1n) is 6.54. The van der Waals surface area contributed by atoms with Crippen molar-refractivity contribution < 1.29 is 4.39 Å². The van der Waals surface area contributed by atoms with E-state index in [0.29, 0.717) is 17.1 Å². The predicted octanol–water partition coefficient (Wildman–Crippen LogP) is 3.17. The third kappa shape index (κ3) is 3.48. The van der Waals surface area contributed by atoms with E-state index in [-0.39, 0.29) is 11.4 Å². The Balaban J connectivity index is 2.42. The summed E-state index contributed by atoms with van der Waals surface area (Å²) in [6.45, 7) is 2.05. The molecule has 0 radical (unpaired) electrons. The van der Waals surface area contributed by atoms with Gasteiger partial charge in [0, 0.05) is 12.0 Å². The molecular formula is C15H17FN2OS. The summed E-state index contributed by atoms with van der Waals surface area (Å²) >= 11 is 1.41. The van der Waals surface area contributed by atoms with Crippen LogP contribution < -0.4 is 5.56 Å². The van der Waals surface area contributed by atoms with Gasteiger partial charge in [0.2, 0.25) is 0 Å². The lowest BCUT2D eigenvalue weighted by atomic mass is 10.0. The van der Waals surface area contributed by atoms with Crippen LogP contribution in [-0.4, -0.2) is 16.2 Å². The second-order valence-electron chi connectivity index (χ2n) is 4.56. The van der Waals surface area contributed by atoms with E-state index in [4.69, 9.17) is 0 Å². The first kappa shape index (κ1) is 14.8. The Kier molecular flexibility index (Phi) is 4.95. The molecule has 1 heterocycles. The van der Waals surface area contributed by atoms with Crippen LogP contribution in [-0.2, 0) is 12.8 Å². The van der Waals surface area contributed by atoms with E-state index in [1.807, 2.05) is 19.2 Å². The second kappa shape index (κ2) is 6.70. The third-order valence-corrected chi connectivity index (χ3v) is 3.61. The van der Waals surface area contributed by atoms with Gasteiger partial charge in [-0.2, -0.15) is 0 Å². The number of aromatic amines is 1. The summed E-state index contributed by atoms with van der Waals surface area (Å²) in [7, 11) is 0. The summed E-state index contributed by atoms with van der Waals surface area (Å²) in [6.07, 6.45) is 3.95. The molecule has 106 valence electrons. The number of thioether (sulfide) groups is 1. The maximum atomic E-state index is 13.2. The largest absolute Gasteiger partial charge is 0.301 e. The van der Waals surface area contributed by atoms with Gasteiger partial charge in [0.1, 0.15) is 5.82 Å². The molecule has 0 bridgehead atoms. The fourth-order valence-corrected chi connectivity index (χ4v) is 2.49. The van der Waals surface area contributed by atoms with Crippen molar-refractivity contribution in [1.82, 2.24) is 9.97 Å². The summed E-state index contributed by atoms with van der Waals surface area (Å²) in [5, 5.41) is 0.626. The summed E-state index contributed by atoms with van der Waals surface area (Å²) in [4.78, 5) is 19.4. The zero-order chi connectivity index (χ0) is 14.5. The maximum absolute atomic E-state index is 13.2. The van der Waals surface area contributed by atoms with Crippen LogP contribution in [0.1, 0.15) is 30.2 Å². The van der Waals surface area contributed by atoms with Crippen LogP contribution in [0.25, 0.3) is 0 Å². The minimum Gasteiger partial charge on any atom is -0.301 e. The molecule has 2 aromatic rings. The van der Waals surface area contributed by atoms with Crippen molar-refractivity contribution in [3.63, 3.8) is 0 Å². The molecule has 20 heavy (non-hydrogen) atoms. The SMILES string of the molecule is CCCc1nc(SC)[nH]c(=O)c1Cc1cccc(F)c1. The molecule has 0 saturated heterocycles. The lowest BCUT2D eigenvalue weighted by molar-refractivity contribution is 0.626. The molecule has 1 aromatic heterocycles. The normalized spacial score (nSPS) is 10.8. The molecule has 2 rings (SSSR count). The third-order valence-electron chi connectivity index (χ3n) is 3.03. The number of aryl methyl sites for hydroxylation is 1. The smallest absolute Gasteiger partial charge is 0.255 e. The van der Waals surface area contributed by atoms with E-state index < -0.39 is 0 Å². The molecule has 0 aliphatic heterocycles. The fraction of sp³-hybridized carbons (Fsp3) is 0.333. The molecule has 0 aliphatic rings. The number of nitrogens with zero attached hydrogens (tertiary/aromatic N) is 1. The topological polar surface area (TPSA) is 45.8 Å². The number of H-pyrrole nitrogens is 1. The van der Waals surface area contributed by atoms with Crippen LogP contribution in [0.2, 0.25) is 0 Å². The number of aromatic nitrogens is 2. The van der Waals surface area contributed by atoms with Crippen molar-refractivity contribution in [3.8, 4) is 0 Å². The van der Waals surface area contributed by atoms with Gasteiger partial charge in [-0.1, -0.05) is 37.2 Å². The van der Waals surface area contributed by atoms with Gasteiger partial charge in [-0.25, -0.2) is 9.37 Å². The summed E-state index contributed by atoms with van der Waals surface area (Å²) < 4.78 is 13.2. The fourth-order valence-electron chi connectivity index (χ4n) is 2.10. The van der Waals surface area contributed by atoms with E-state index in [2.05, 4.69) is 9.97 Å². The minimum absolute atomic E-state index is 0.128. The molecule has 0 unspecified atom stereocenters. The van der Waals surface area contributed by atoms with Gasteiger partial charge in [-0.05, 0) is 30.4 Å². The molecule has 0 atom stereocenters. The molecule has 1 aromatic carbocycles. The number of rotatable bonds is 5. The van der Waals surface area contributed by atoms with Gasteiger partial charge >= 0.3 is 0 Å². The van der Waals surface area contributed by atoms with Gasteiger partial charge in [0.15, 0.2) is 5.16 Å². The highest BCUT2D eigenvalue weighted by Crippen LogP contribution is 2.15. The number of benzene rings is 1. The molecule has 5 heteroatoms. The first-order valence-corrected chi connectivity index (χ1v) is 7.77. The van der Waals surface area contributed by atoms with Crippen molar-refractivity contribution in [3.05, 3.63) is 57.3 Å². The molecule has 0 spiro atoms. The standard InChI is InChI=1S/C15H17FN2OS/c1-3-5-13-12(14(19)18-15(17-13)20-2)9-10-6-4-7-11(16)8-10/h4,6-8H,3,5,9H2,1-2H3,(H,17,18,19). The van der Waals surface area contributed by atoms with E-state index in [1.54, 1.807) is 6.07 Å². The average molecular weight is 292 g/mol. The van der Waals surface area contributed by atoms with E-state index in [9.17, 15) is 9.18 Å². The first-order chi connectivity index (χ1) is 9.63. The second-order valence-corrected chi connectivity index (χ2v) is 5.35. The van der Waals surface area contributed by atoms with Crippen LogP contribution >= 0.6 is 11.8 Å². The molecule has 0 fully saturated rings. The van der Waals surface area contributed by atoms with Crippen molar-refractivity contribution in [2.75, 3.05) is 6.26 Å². The highest BCUT2D eigenvalue weighted by atomic mass is 32.2. The molecule has 3 nitrogen and oxygen atoms in total. The highest BCUT2D eigenvalue weighted by Gasteiger charge is 2.11. The number of nitrogens with one attached hydrogen (secondary N) is 1. The Labute approximate surface area is 121 Å². The van der Waals surface area contributed by atoms with Crippen LogP contribution in [0.15, 0.2) is 34.2 Å². The molecular weight excluding hydrogens is 275 g/mol. The lowest BCUT2D eigenvalue weighted by Crippen LogP contribution is -2.19. The summed E-state index contributed by atoms with van der Waals surface area (Å²) in [6, 6.07) is 6.33. The number of halogens is 1. The van der Waals surface area contributed by atoms with E-state index >= 15 is 0 Å². The zero-order valence-electron chi connectivity index (χ0n) is 11.6. The summed E-state index contributed by atoms with van der Waals surface area (Å²) in [5.41, 5.74) is 2.10. The highest BCUT2D eigenvalue weighted by molar-refractivity contribution is 7.98. The molecule has 0 saturated carbocycles. The summed E-state index contributed by atoms with van der Waals surface area (Å²) in [5.74, 6) is -0.287. The van der Waals surface area contributed by atoms with Gasteiger partial charge in [0.05, 0.1) is 5.69 Å². The van der Waals surface area contributed by atoms with Gasteiger partial charge in [-0.3, -0.25) is 4.79 Å². The van der Waals surface area contributed by atoms with Crippen LogP contribution in [0.5, 0.6) is 0 Å². The van der Waals surface area contributed by atoms with Crippen LogP contribution in [0, 0.1) is 5.82 Å². The Bertz CT molecular complexity index is 655. The Morgan fingerprint density at radius 2 is 2.20 bits per heavy atom.